The minimum atomic E-state index is 0.166. The summed E-state index contributed by atoms with van der Waals surface area (Å²) in [6.07, 6.45) is 5.35. The third kappa shape index (κ3) is 4.45. The van der Waals surface area contributed by atoms with E-state index in [0.29, 0.717) is 0 Å². The first kappa shape index (κ1) is 13.4. The fourth-order valence-electron chi connectivity index (χ4n) is 1.28. The number of rotatable bonds is 5. The average molecular weight is 238 g/mol. The van der Waals surface area contributed by atoms with E-state index in [2.05, 4.69) is 55.5 Å². The molecule has 0 aliphatic carbocycles. The Bertz CT molecular complexity index is 334. The SMILES string of the molecule is C/C=C/CCNCc1nc(C(C)(C)C)cs1. The van der Waals surface area contributed by atoms with Crippen LogP contribution in [0.3, 0.4) is 0 Å². The van der Waals surface area contributed by atoms with Crippen molar-refractivity contribution in [2.75, 3.05) is 6.54 Å². The lowest BCUT2D eigenvalue weighted by molar-refractivity contribution is 0.568. The summed E-state index contributed by atoms with van der Waals surface area (Å²) in [6.45, 7) is 10.6. The van der Waals surface area contributed by atoms with Gasteiger partial charge in [0.15, 0.2) is 0 Å². The molecule has 2 nitrogen and oxygen atoms in total. The first-order valence-corrected chi connectivity index (χ1v) is 6.68. The molecule has 0 amide bonds. The number of nitrogens with zero attached hydrogens (tertiary/aromatic N) is 1. The second-order valence-corrected chi connectivity index (χ2v) is 5.85. The van der Waals surface area contributed by atoms with Crippen LogP contribution in [0.1, 0.15) is 44.8 Å². The van der Waals surface area contributed by atoms with Gasteiger partial charge in [-0.3, -0.25) is 0 Å². The zero-order valence-corrected chi connectivity index (χ0v) is 11.5. The normalized spacial score (nSPS) is 12.5. The second-order valence-electron chi connectivity index (χ2n) is 4.91. The lowest BCUT2D eigenvalue weighted by Crippen LogP contribution is -2.15. The van der Waals surface area contributed by atoms with E-state index in [-0.39, 0.29) is 5.41 Å². The Morgan fingerprint density at radius 1 is 1.44 bits per heavy atom. The van der Waals surface area contributed by atoms with E-state index in [1.165, 1.54) is 10.7 Å². The van der Waals surface area contributed by atoms with Gasteiger partial charge in [-0.1, -0.05) is 32.9 Å². The molecule has 1 aromatic heterocycles. The van der Waals surface area contributed by atoms with E-state index in [4.69, 9.17) is 0 Å². The Morgan fingerprint density at radius 2 is 2.19 bits per heavy atom. The Kier molecular flexibility index (Phi) is 5.16. The topological polar surface area (TPSA) is 24.9 Å². The monoisotopic (exact) mass is 238 g/mol. The molecule has 16 heavy (non-hydrogen) atoms. The van der Waals surface area contributed by atoms with Crippen molar-refractivity contribution in [2.45, 2.75) is 46.1 Å². The zero-order valence-electron chi connectivity index (χ0n) is 10.7. The largest absolute Gasteiger partial charge is 0.310 e. The van der Waals surface area contributed by atoms with Crippen molar-refractivity contribution in [2.24, 2.45) is 0 Å². The number of hydrogen-bond donors (Lipinski definition) is 1. The van der Waals surface area contributed by atoms with Crippen LogP contribution in [0.25, 0.3) is 0 Å². The molecule has 0 fully saturated rings. The van der Waals surface area contributed by atoms with Crippen LogP contribution in [0.5, 0.6) is 0 Å². The summed E-state index contributed by atoms with van der Waals surface area (Å²) in [7, 11) is 0. The van der Waals surface area contributed by atoms with Gasteiger partial charge in [0.1, 0.15) is 5.01 Å². The highest BCUT2D eigenvalue weighted by Gasteiger charge is 2.16. The van der Waals surface area contributed by atoms with Crippen LogP contribution in [0.15, 0.2) is 17.5 Å². The van der Waals surface area contributed by atoms with E-state index in [1.54, 1.807) is 11.3 Å². The minimum absolute atomic E-state index is 0.166. The van der Waals surface area contributed by atoms with Gasteiger partial charge in [-0.05, 0) is 19.9 Å². The first-order valence-electron chi connectivity index (χ1n) is 5.81. The molecule has 0 aromatic carbocycles. The molecule has 0 atom stereocenters. The lowest BCUT2D eigenvalue weighted by Gasteiger charge is -2.14. The summed E-state index contributed by atoms with van der Waals surface area (Å²) in [5, 5.41) is 6.75. The van der Waals surface area contributed by atoms with Crippen LogP contribution in [0.4, 0.5) is 0 Å². The molecule has 0 saturated heterocycles. The van der Waals surface area contributed by atoms with E-state index in [0.717, 1.165) is 19.5 Å². The molecule has 0 spiro atoms. The zero-order chi connectivity index (χ0) is 12.0. The maximum atomic E-state index is 4.64. The third-order valence-electron chi connectivity index (χ3n) is 2.32. The molecule has 1 rings (SSSR count). The highest BCUT2D eigenvalue weighted by Crippen LogP contribution is 2.23. The van der Waals surface area contributed by atoms with Gasteiger partial charge in [0, 0.05) is 17.3 Å². The smallest absolute Gasteiger partial charge is 0.107 e. The van der Waals surface area contributed by atoms with Crippen molar-refractivity contribution >= 4 is 11.3 Å². The molecule has 1 aromatic rings. The Hall–Kier alpha value is -0.670. The molecular formula is C13H22N2S. The maximum absolute atomic E-state index is 4.64. The third-order valence-corrected chi connectivity index (χ3v) is 3.17. The van der Waals surface area contributed by atoms with Gasteiger partial charge in [-0.15, -0.1) is 11.3 Å². The van der Waals surface area contributed by atoms with E-state index < -0.39 is 0 Å². The minimum Gasteiger partial charge on any atom is -0.310 e. The highest BCUT2D eigenvalue weighted by molar-refractivity contribution is 7.09. The van der Waals surface area contributed by atoms with Crippen molar-refractivity contribution < 1.29 is 0 Å². The van der Waals surface area contributed by atoms with Crippen LogP contribution in [0.2, 0.25) is 0 Å². The molecule has 1 heterocycles. The van der Waals surface area contributed by atoms with Gasteiger partial charge in [0.25, 0.3) is 0 Å². The molecule has 0 unspecified atom stereocenters. The fraction of sp³-hybridized carbons (Fsp3) is 0.615. The molecule has 0 radical (unpaired) electrons. The quantitative estimate of drug-likeness (QED) is 0.627. The van der Waals surface area contributed by atoms with E-state index in [9.17, 15) is 0 Å². The van der Waals surface area contributed by atoms with Gasteiger partial charge in [0.2, 0.25) is 0 Å². The number of thiazole rings is 1. The molecule has 1 N–H and O–H groups in total. The van der Waals surface area contributed by atoms with Crippen LogP contribution < -0.4 is 5.32 Å². The van der Waals surface area contributed by atoms with Crippen LogP contribution in [-0.4, -0.2) is 11.5 Å². The molecule has 0 aliphatic rings. The summed E-state index contributed by atoms with van der Waals surface area (Å²) in [6, 6.07) is 0. The van der Waals surface area contributed by atoms with Crippen molar-refractivity contribution in [1.29, 1.82) is 0 Å². The van der Waals surface area contributed by atoms with Crippen molar-refractivity contribution in [3.8, 4) is 0 Å². The Balaban J connectivity index is 2.35. The summed E-state index contributed by atoms with van der Waals surface area (Å²) < 4.78 is 0. The molecule has 90 valence electrons. The second kappa shape index (κ2) is 6.16. The van der Waals surface area contributed by atoms with Crippen molar-refractivity contribution in [3.63, 3.8) is 0 Å². The maximum Gasteiger partial charge on any atom is 0.107 e. The number of aromatic nitrogens is 1. The highest BCUT2D eigenvalue weighted by atomic mass is 32.1. The summed E-state index contributed by atoms with van der Waals surface area (Å²) >= 11 is 1.75. The van der Waals surface area contributed by atoms with E-state index >= 15 is 0 Å². The molecule has 3 heteroatoms. The van der Waals surface area contributed by atoms with Gasteiger partial charge >= 0.3 is 0 Å². The van der Waals surface area contributed by atoms with Gasteiger partial charge in [0.05, 0.1) is 5.69 Å². The van der Waals surface area contributed by atoms with Crippen LogP contribution >= 0.6 is 11.3 Å². The predicted molar refractivity (Wildman–Crippen MR) is 72.0 cm³/mol. The molecule has 0 bridgehead atoms. The Labute approximate surface area is 103 Å². The summed E-state index contributed by atoms with van der Waals surface area (Å²) in [4.78, 5) is 4.64. The number of nitrogens with one attached hydrogen (secondary N) is 1. The van der Waals surface area contributed by atoms with Crippen molar-refractivity contribution in [1.82, 2.24) is 10.3 Å². The van der Waals surface area contributed by atoms with Crippen LogP contribution in [-0.2, 0) is 12.0 Å². The number of hydrogen-bond acceptors (Lipinski definition) is 3. The Morgan fingerprint density at radius 3 is 2.75 bits per heavy atom. The average Bonchev–Trinajstić information content (AvgIpc) is 2.65. The van der Waals surface area contributed by atoms with Crippen molar-refractivity contribution in [3.05, 3.63) is 28.2 Å². The predicted octanol–water partition coefficient (Wildman–Crippen LogP) is 3.50. The molecular weight excluding hydrogens is 216 g/mol. The standard InChI is InChI=1S/C13H22N2S/c1-5-6-7-8-14-9-12-15-11(10-16-12)13(2,3)4/h5-6,10,14H,7-9H2,1-4H3/b6-5+. The lowest BCUT2D eigenvalue weighted by atomic mass is 9.93. The molecule has 0 saturated carbocycles. The molecule has 0 aliphatic heterocycles. The van der Waals surface area contributed by atoms with Crippen LogP contribution in [0, 0.1) is 0 Å². The number of allylic oxidation sites excluding steroid dienone is 1. The van der Waals surface area contributed by atoms with Gasteiger partial charge < -0.3 is 5.32 Å². The van der Waals surface area contributed by atoms with Gasteiger partial charge in [-0.25, -0.2) is 4.98 Å². The summed E-state index contributed by atoms with van der Waals surface area (Å²) in [5.41, 5.74) is 1.36. The first-order chi connectivity index (χ1) is 7.54. The van der Waals surface area contributed by atoms with Gasteiger partial charge in [-0.2, -0.15) is 0 Å². The fourth-order valence-corrected chi connectivity index (χ4v) is 2.27. The van der Waals surface area contributed by atoms with E-state index in [1.807, 2.05) is 0 Å². The summed E-state index contributed by atoms with van der Waals surface area (Å²) in [5.74, 6) is 0.